The van der Waals surface area contributed by atoms with Crippen LogP contribution in [0.1, 0.15) is 42.1 Å². The number of nitrogens with zero attached hydrogens (tertiary/aromatic N) is 1. The number of halogens is 1. The number of aryl methyl sites for hydroxylation is 1. The lowest BCUT2D eigenvalue weighted by Gasteiger charge is -2.21. The smallest absolute Gasteiger partial charge is 0.191 e. The largest absolute Gasteiger partial charge is 0.493 e. The fraction of sp³-hybridized carbons (Fsp3) is 0.480. The van der Waals surface area contributed by atoms with E-state index in [9.17, 15) is 0 Å². The Kier molecular flexibility index (Phi) is 9.02. The van der Waals surface area contributed by atoms with Crippen molar-refractivity contribution >= 4 is 29.9 Å². The summed E-state index contributed by atoms with van der Waals surface area (Å²) in [5.41, 5.74) is 3.64. The molecule has 1 saturated heterocycles. The van der Waals surface area contributed by atoms with Gasteiger partial charge in [0, 0.05) is 38.2 Å². The van der Waals surface area contributed by atoms with Crippen molar-refractivity contribution in [1.29, 1.82) is 0 Å². The second-order valence-corrected chi connectivity index (χ2v) is 8.42. The average Bonchev–Trinajstić information content (AvgIpc) is 3.49. The summed E-state index contributed by atoms with van der Waals surface area (Å²) in [6.07, 6.45) is 3.80. The van der Waals surface area contributed by atoms with Gasteiger partial charge in [0.1, 0.15) is 5.75 Å². The fourth-order valence-corrected chi connectivity index (χ4v) is 3.92. The normalized spacial score (nSPS) is 20.8. The SMILES string of the molecule is CN=C(NCc1ccc(C)cc1OCC1CC1)NCC1CCOC1c1ccccc1.I. The van der Waals surface area contributed by atoms with E-state index < -0.39 is 0 Å². The number of benzene rings is 2. The van der Waals surface area contributed by atoms with Crippen LogP contribution in [0.25, 0.3) is 0 Å². The number of aliphatic imine (C=N–C) groups is 1. The molecular weight excluding hydrogens is 501 g/mol. The number of hydrogen-bond acceptors (Lipinski definition) is 3. The van der Waals surface area contributed by atoms with Crippen LogP contribution < -0.4 is 15.4 Å². The second-order valence-electron chi connectivity index (χ2n) is 8.42. The Balaban J connectivity index is 0.00000272. The molecular formula is C25H34IN3O2. The second kappa shape index (κ2) is 11.7. The Morgan fingerprint density at radius 1 is 1.10 bits per heavy atom. The van der Waals surface area contributed by atoms with Gasteiger partial charge in [-0.2, -0.15) is 0 Å². The number of ether oxygens (including phenoxy) is 2. The Morgan fingerprint density at radius 3 is 2.65 bits per heavy atom. The molecule has 5 nitrogen and oxygen atoms in total. The molecule has 2 aromatic carbocycles. The van der Waals surface area contributed by atoms with Gasteiger partial charge in [0.25, 0.3) is 0 Å². The Morgan fingerprint density at radius 2 is 1.90 bits per heavy atom. The lowest BCUT2D eigenvalue weighted by atomic mass is 9.95. The van der Waals surface area contributed by atoms with Gasteiger partial charge in [-0.15, -0.1) is 24.0 Å². The van der Waals surface area contributed by atoms with E-state index in [1.165, 1.54) is 24.0 Å². The van der Waals surface area contributed by atoms with Crippen LogP contribution >= 0.6 is 24.0 Å². The molecule has 0 spiro atoms. The quantitative estimate of drug-likeness (QED) is 0.289. The van der Waals surface area contributed by atoms with Crippen LogP contribution in [-0.2, 0) is 11.3 Å². The summed E-state index contributed by atoms with van der Waals surface area (Å²) in [6.45, 7) is 5.25. The highest BCUT2D eigenvalue weighted by Gasteiger charge is 2.29. The van der Waals surface area contributed by atoms with E-state index in [1.54, 1.807) is 0 Å². The van der Waals surface area contributed by atoms with Crippen LogP contribution in [0.4, 0.5) is 0 Å². The third-order valence-electron chi connectivity index (χ3n) is 5.94. The van der Waals surface area contributed by atoms with Crippen molar-refractivity contribution < 1.29 is 9.47 Å². The summed E-state index contributed by atoms with van der Waals surface area (Å²) >= 11 is 0. The van der Waals surface area contributed by atoms with Crippen LogP contribution in [-0.4, -0.2) is 32.8 Å². The highest BCUT2D eigenvalue weighted by Crippen LogP contribution is 2.34. The van der Waals surface area contributed by atoms with E-state index >= 15 is 0 Å². The zero-order valence-corrected chi connectivity index (χ0v) is 20.8. The maximum Gasteiger partial charge on any atom is 0.191 e. The minimum absolute atomic E-state index is 0. The van der Waals surface area contributed by atoms with E-state index in [4.69, 9.17) is 9.47 Å². The van der Waals surface area contributed by atoms with Crippen LogP contribution in [0.3, 0.4) is 0 Å². The molecule has 0 amide bonds. The third kappa shape index (κ3) is 6.84. The van der Waals surface area contributed by atoms with Gasteiger partial charge in [0.2, 0.25) is 0 Å². The summed E-state index contributed by atoms with van der Waals surface area (Å²) < 4.78 is 12.1. The van der Waals surface area contributed by atoms with Gasteiger partial charge in [0.15, 0.2) is 5.96 Å². The predicted molar refractivity (Wildman–Crippen MR) is 136 cm³/mol. The summed E-state index contributed by atoms with van der Waals surface area (Å²) in [5.74, 6) is 2.97. The highest BCUT2D eigenvalue weighted by atomic mass is 127. The molecule has 4 rings (SSSR count). The van der Waals surface area contributed by atoms with E-state index in [2.05, 4.69) is 65.0 Å². The topological polar surface area (TPSA) is 54.9 Å². The maximum absolute atomic E-state index is 6.10. The molecule has 2 N–H and O–H groups in total. The molecule has 2 aromatic rings. The van der Waals surface area contributed by atoms with Crippen molar-refractivity contribution in [2.24, 2.45) is 16.8 Å². The average molecular weight is 535 g/mol. The van der Waals surface area contributed by atoms with Crippen molar-refractivity contribution in [2.45, 2.75) is 38.8 Å². The fourth-order valence-electron chi connectivity index (χ4n) is 3.92. The van der Waals surface area contributed by atoms with Crippen molar-refractivity contribution in [3.05, 3.63) is 65.2 Å². The van der Waals surface area contributed by atoms with Crippen LogP contribution in [0, 0.1) is 18.8 Å². The van der Waals surface area contributed by atoms with Gasteiger partial charge in [-0.1, -0.05) is 42.5 Å². The summed E-state index contributed by atoms with van der Waals surface area (Å²) in [6, 6.07) is 16.9. The Hall–Kier alpha value is -1.80. The minimum atomic E-state index is 0. The van der Waals surface area contributed by atoms with E-state index in [-0.39, 0.29) is 30.1 Å². The lowest BCUT2D eigenvalue weighted by Crippen LogP contribution is -2.40. The molecule has 0 radical (unpaired) electrons. The standard InChI is InChI=1S/C25H33N3O2.HI/c1-18-8-11-21(23(14-18)30-17-19-9-10-19)15-27-25(26-2)28-16-22-12-13-29-24(22)20-6-4-3-5-7-20;/h3-8,11,14,19,22,24H,9-10,12-13,15-17H2,1-2H3,(H2,26,27,28);1H. The molecule has 168 valence electrons. The van der Waals surface area contributed by atoms with Gasteiger partial charge in [-0.25, -0.2) is 0 Å². The molecule has 2 aliphatic rings. The summed E-state index contributed by atoms with van der Waals surface area (Å²) in [7, 11) is 1.81. The Labute approximate surface area is 203 Å². The molecule has 2 fully saturated rings. The third-order valence-corrected chi connectivity index (χ3v) is 5.94. The molecule has 1 saturated carbocycles. The first-order valence-corrected chi connectivity index (χ1v) is 11.1. The monoisotopic (exact) mass is 535 g/mol. The lowest BCUT2D eigenvalue weighted by molar-refractivity contribution is 0.0915. The van der Waals surface area contributed by atoms with Gasteiger partial charge in [-0.3, -0.25) is 4.99 Å². The number of nitrogens with one attached hydrogen (secondary N) is 2. The predicted octanol–water partition coefficient (Wildman–Crippen LogP) is 4.84. The van der Waals surface area contributed by atoms with Crippen molar-refractivity contribution in [3.8, 4) is 5.75 Å². The molecule has 0 aromatic heterocycles. The van der Waals surface area contributed by atoms with Crippen molar-refractivity contribution in [1.82, 2.24) is 10.6 Å². The molecule has 2 unspecified atom stereocenters. The van der Waals surface area contributed by atoms with Crippen LogP contribution in [0.5, 0.6) is 5.75 Å². The molecule has 2 atom stereocenters. The van der Waals surface area contributed by atoms with Crippen LogP contribution in [0.2, 0.25) is 0 Å². The molecule has 1 heterocycles. The maximum atomic E-state index is 6.10. The van der Waals surface area contributed by atoms with Crippen LogP contribution in [0.15, 0.2) is 53.5 Å². The zero-order chi connectivity index (χ0) is 20.8. The summed E-state index contributed by atoms with van der Waals surface area (Å²) in [4.78, 5) is 4.41. The van der Waals surface area contributed by atoms with Gasteiger partial charge in [0.05, 0.1) is 12.7 Å². The molecule has 31 heavy (non-hydrogen) atoms. The molecule has 0 bridgehead atoms. The summed E-state index contributed by atoms with van der Waals surface area (Å²) in [5, 5.41) is 6.94. The molecule has 6 heteroatoms. The van der Waals surface area contributed by atoms with E-state index in [0.29, 0.717) is 12.5 Å². The molecule has 1 aliphatic carbocycles. The highest BCUT2D eigenvalue weighted by molar-refractivity contribution is 14.0. The minimum Gasteiger partial charge on any atom is -0.493 e. The van der Waals surface area contributed by atoms with E-state index in [0.717, 1.165) is 49.4 Å². The number of hydrogen-bond donors (Lipinski definition) is 2. The number of guanidine groups is 1. The van der Waals surface area contributed by atoms with Gasteiger partial charge < -0.3 is 20.1 Å². The first-order valence-electron chi connectivity index (χ1n) is 11.1. The van der Waals surface area contributed by atoms with E-state index in [1.807, 2.05) is 13.1 Å². The Bertz CT molecular complexity index is 855. The van der Waals surface area contributed by atoms with Gasteiger partial charge in [-0.05, 0) is 49.3 Å². The first-order chi connectivity index (χ1) is 14.7. The number of rotatable bonds is 8. The van der Waals surface area contributed by atoms with Gasteiger partial charge >= 0.3 is 0 Å². The first kappa shape index (κ1) is 23.9. The van der Waals surface area contributed by atoms with Crippen molar-refractivity contribution in [3.63, 3.8) is 0 Å². The van der Waals surface area contributed by atoms with Crippen molar-refractivity contribution in [2.75, 3.05) is 26.8 Å². The zero-order valence-electron chi connectivity index (χ0n) is 18.5. The molecule has 1 aliphatic heterocycles.